The van der Waals surface area contributed by atoms with Crippen LogP contribution >= 0.6 is 0 Å². The Kier molecular flexibility index (Phi) is 4.20. The van der Waals surface area contributed by atoms with Crippen molar-refractivity contribution in [3.63, 3.8) is 0 Å². The summed E-state index contributed by atoms with van der Waals surface area (Å²) in [6.45, 7) is 8.97. The minimum Gasteiger partial charge on any atom is -0.507 e. The lowest BCUT2D eigenvalue weighted by atomic mass is 10.1. The number of hydrogen-bond donors (Lipinski definition) is 2. The number of aryl methyl sites for hydroxylation is 4. The van der Waals surface area contributed by atoms with Gasteiger partial charge < -0.3 is 5.11 Å². The molecule has 0 aliphatic heterocycles. The van der Waals surface area contributed by atoms with Gasteiger partial charge in [-0.3, -0.25) is 4.72 Å². The number of aromatic hydroxyl groups is 1. The number of anilines is 1. The van der Waals surface area contributed by atoms with Crippen LogP contribution in [-0.4, -0.2) is 13.5 Å². The molecule has 0 atom stereocenters. The molecule has 0 radical (unpaired) electrons. The zero-order valence-electron chi connectivity index (χ0n) is 13.5. The molecule has 0 bridgehead atoms. The van der Waals surface area contributed by atoms with Crippen molar-refractivity contribution in [1.82, 2.24) is 0 Å². The van der Waals surface area contributed by atoms with Gasteiger partial charge in [-0.25, -0.2) is 8.42 Å². The first-order valence-corrected chi connectivity index (χ1v) is 8.51. The molecule has 2 N–H and O–H groups in total. The Balaban J connectivity index is 2.52. The van der Waals surface area contributed by atoms with Crippen LogP contribution in [0.5, 0.6) is 5.75 Å². The highest BCUT2D eigenvalue weighted by atomic mass is 32.2. The number of sulfonamides is 1. The summed E-state index contributed by atoms with van der Waals surface area (Å²) in [5, 5.41) is 9.97. The van der Waals surface area contributed by atoms with Crippen LogP contribution in [0.1, 0.15) is 27.8 Å². The predicted octanol–water partition coefficient (Wildman–Crippen LogP) is 3.74. The predicted molar refractivity (Wildman–Crippen MR) is 89.0 cm³/mol. The van der Waals surface area contributed by atoms with Gasteiger partial charge in [-0.05, 0) is 57.4 Å². The van der Waals surface area contributed by atoms with Crippen LogP contribution in [0.25, 0.3) is 0 Å². The molecular formula is C17H21NO3S. The first-order valence-electron chi connectivity index (χ1n) is 7.03. The van der Waals surface area contributed by atoms with Gasteiger partial charge in [0.15, 0.2) is 0 Å². The topological polar surface area (TPSA) is 66.4 Å². The third-order valence-electron chi connectivity index (χ3n) is 3.75. The highest BCUT2D eigenvalue weighted by Crippen LogP contribution is 2.31. The summed E-state index contributed by atoms with van der Waals surface area (Å²) in [6, 6.07) is 7.05. The Hall–Kier alpha value is -2.01. The van der Waals surface area contributed by atoms with Crippen LogP contribution in [0.3, 0.4) is 0 Å². The number of benzene rings is 2. The van der Waals surface area contributed by atoms with E-state index in [9.17, 15) is 13.5 Å². The van der Waals surface area contributed by atoms with Gasteiger partial charge >= 0.3 is 0 Å². The molecule has 2 aromatic carbocycles. The minimum atomic E-state index is -3.70. The SMILES string of the molecule is Cc1cc(C)c(S(=O)(=O)Nc2ccc(C)c(O)c2C)c(C)c1. The van der Waals surface area contributed by atoms with Crippen LogP contribution in [0.2, 0.25) is 0 Å². The third kappa shape index (κ3) is 2.95. The molecule has 0 aromatic heterocycles. The second-order valence-corrected chi connectivity index (χ2v) is 7.36. The summed E-state index contributed by atoms with van der Waals surface area (Å²) >= 11 is 0. The lowest BCUT2D eigenvalue weighted by molar-refractivity contribution is 0.467. The normalized spacial score (nSPS) is 11.5. The maximum atomic E-state index is 12.7. The van der Waals surface area contributed by atoms with E-state index in [-0.39, 0.29) is 10.6 Å². The molecule has 0 amide bonds. The second kappa shape index (κ2) is 5.65. The molecule has 0 aliphatic carbocycles. The highest BCUT2D eigenvalue weighted by Gasteiger charge is 2.21. The van der Waals surface area contributed by atoms with Gasteiger partial charge in [-0.1, -0.05) is 23.8 Å². The molecule has 2 aromatic rings. The molecule has 118 valence electrons. The Morgan fingerprint density at radius 3 is 2.00 bits per heavy atom. The van der Waals surface area contributed by atoms with Crippen molar-refractivity contribution >= 4 is 15.7 Å². The molecule has 22 heavy (non-hydrogen) atoms. The average Bonchev–Trinajstić information content (AvgIpc) is 2.38. The number of hydrogen-bond acceptors (Lipinski definition) is 3. The van der Waals surface area contributed by atoms with Crippen LogP contribution in [0, 0.1) is 34.6 Å². The van der Waals surface area contributed by atoms with Gasteiger partial charge in [0.05, 0.1) is 10.6 Å². The molecule has 0 saturated heterocycles. The van der Waals surface area contributed by atoms with Crippen LogP contribution in [0.15, 0.2) is 29.2 Å². The van der Waals surface area contributed by atoms with E-state index >= 15 is 0 Å². The van der Waals surface area contributed by atoms with Crippen LogP contribution in [0.4, 0.5) is 5.69 Å². The Labute approximate surface area is 131 Å². The maximum absolute atomic E-state index is 12.7. The monoisotopic (exact) mass is 319 g/mol. The van der Waals surface area contributed by atoms with Crippen LogP contribution < -0.4 is 4.72 Å². The number of rotatable bonds is 3. The maximum Gasteiger partial charge on any atom is 0.262 e. The third-order valence-corrected chi connectivity index (χ3v) is 5.42. The van der Waals surface area contributed by atoms with Gasteiger partial charge in [0.1, 0.15) is 5.75 Å². The van der Waals surface area contributed by atoms with E-state index in [2.05, 4.69) is 4.72 Å². The van der Waals surface area contributed by atoms with Crippen molar-refractivity contribution in [3.05, 3.63) is 52.1 Å². The molecule has 0 fully saturated rings. The summed E-state index contributed by atoms with van der Waals surface area (Å²) in [7, 11) is -3.70. The van der Waals surface area contributed by atoms with Crippen molar-refractivity contribution in [2.24, 2.45) is 0 Å². The van der Waals surface area contributed by atoms with Gasteiger partial charge in [0.2, 0.25) is 0 Å². The smallest absolute Gasteiger partial charge is 0.262 e. The Morgan fingerprint density at radius 1 is 0.909 bits per heavy atom. The zero-order chi connectivity index (χ0) is 16.7. The Bertz CT molecular complexity index is 816. The first-order chi connectivity index (χ1) is 10.1. The molecule has 4 nitrogen and oxygen atoms in total. The number of phenolic OH excluding ortho intramolecular Hbond substituents is 1. The summed E-state index contributed by atoms with van der Waals surface area (Å²) in [4.78, 5) is 0.289. The minimum absolute atomic E-state index is 0.109. The fourth-order valence-electron chi connectivity index (χ4n) is 2.73. The lowest BCUT2D eigenvalue weighted by Gasteiger charge is -2.16. The zero-order valence-corrected chi connectivity index (χ0v) is 14.3. The van der Waals surface area contributed by atoms with E-state index in [1.165, 1.54) is 0 Å². The van der Waals surface area contributed by atoms with E-state index in [0.29, 0.717) is 27.9 Å². The van der Waals surface area contributed by atoms with Crippen LogP contribution in [-0.2, 0) is 10.0 Å². The summed E-state index contributed by atoms with van der Waals surface area (Å²) in [6.07, 6.45) is 0. The van der Waals surface area contributed by atoms with E-state index in [1.54, 1.807) is 39.8 Å². The summed E-state index contributed by atoms with van der Waals surface area (Å²) < 4.78 is 28.0. The van der Waals surface area contributed by atoms with Gasteiger partial charge in [-0.2, -0.15) is 0 Å². The first kappa shape index (κ1) is 16.4. The molecule has 0 aliphatic rings. The fraction of sp³-hybridized carbons (Fsp3) is 0.294. The van der Waals surface area contributed by atoms with E-state index < -0.39 is 10.0 Å². The fourth-order valence-corrected chi connectivity index (χ4v) is 4.31. The standard InChI is InChI=1S/C17H21NO3S/c1-10-8-12(3)17(13(4)9-10)22(20,21)18-15-7-6-11(2)16(19)14(15)5/h6-9,18-19H,1-5H3. The molecule has 0 heterocycles. The van der Waals surface area contributed by atoms with E-state index in [1.807, 2.05) is 19.1 Å². The second-order valence-electron chi connectivity index (χ2n) is 5.74. The highest BCUT2D eigenvalue weighted by molar-refractivity contribution is 7.92. The van der Waals surface area contributed by atoms with E-state index in [0.717, 1.165) is 5.56 Å². The molecule has 2 rings (SSSR count). The largest absolute Gasteiger partial charge is 0.507 e. The average molecular weight is 319 g/mol. The summed E-state index contributed by atoms with van der Waals surface area (Å²) in [5.74, 6) is 0.109. The quantitative estimate of drug-likeness (QED) is 0.906. The van der Waals surface area contributed by atoms with Crippen molar-refractivity contribution in [2.75, 3.05) is 4.72 Å². The molecule has 5 heteroatoms. The number of phenols is 1. The number of nitrogens with one attached hydrogen (secondary N) is 1. The van der Waals surface area contributed by atoms with Gasteiger partial charge in [-0.15, -0.1) is 0 Å². The molecule has 0 spiro atoms. The van der Waals surface area contributed by atoms with Gasteiger partial charge in [0.25, 0.3) is 10.0 Å². The van der Waals surface area contributed by atoms with Gasteiger partial charge in [0, 0.05) is 5.56 Å². The molecule has 0 saturated carbocycles. The molecular weight excluding hydrogens is 298 g/mol. The van der Waals surface area contributed by atoms with Crippen molar-refractivity contribution in [1.29, 1.82) is 0 Å². The van der Waals surface area contributed by atoms with Crippen molar-refractivity contribution in [2.45, 2.75) is 39.5 Å². The van der Waals surface area contributed by atoms with Crippen molar-refractivity contribution in [3.8, 4) is 5.75 Å². The lowest BCUT2D eigenvalue weighted by Crippen LogP contribution is -2.16. The van der Waals surface area contributed by atoms with Crippen molar-refractivity contribution < 1.29 is 13.5 Å². The Morgan fingerprint density at radius 2 is 1.45 bits per heavy atom. The summed E-state index contributed by atoms with van der Waals surface area (Å²) in [5.41, 5.74) is 4.06. The van der Waals surface area contributed by atoms with E-state index in [4.69, 9.17) is 0 Å². The molecule has 0 unspecified atom stereocenters.